The lowest BCUT2D eigenvalue weighted by molar-refractivity contribution is 0.153. The summed E-state index contributed by atoms with van der Waals surface area (Å²) in [6.07, 6.45) is 5.21. The van der Waals surface area contributed by atoms with Crippen LogP contribution in [-0.2, 0) is 33.1 Å². The first-order valence-electron chi connectivity index (χ1n) is 10.7. The van der Waals surface area contributed by atoms with Crippen LogP contribution in [0.1, 0.15) is 48.3 Å². The third kappa shape index (κ3) is 5.99. The predicted molar refractivity (Wildman–Crippen MR) is 121 cm³/mol. The fraction of sp³-hybridized carbons (Fsp3) is 0.478. The summed E-state index contributed by atoms with van der Waals surface area (Å²) >= 11 is -0.963. The summed E-state index contributed by atoms with van der Waals surface area (Å²) < 4.78 is 28.4. The topological polar surface area (TPSA) is 116 Å². The van der Waals surface area contributed by atoms with Gasteiger partial charge in [0.2, 0.25) is 0 Å². The zero-order valence-electron chi connectivity index (χ0n) is 17.5. The van der Waals surface area contributed by atoms with Crippen molar-refractivity contribution in [2.45, 2.75) is 54.9 Å². The number of hydrogen-bond acceptors (Lipinski definition) is 4. The quantitative estimate of drug-likeness (QED) is 0.426. The number of phosphoric acid groups is 1. The Morgan fingerprint density at radius 1 is 1.16 bits per heavy atom. The average Bonchev–Trinajstić information content (AvgIpc) is 3.15. The van der Waals surface area contributed by atoms with E-state index in [1.807, 2.05) is 30.3 Å². The number of fused-ring (bicyclic) bond motifs is 1. The van der Waals surface area contributed by atoms with Crippen molar-refractivity contribution in [2.24, 2.45) is 11.7 Å². The number of phosphoric ester groups is 1. The third-order valence-electron chi connectivity index (χ3n) is 6.59. The number of rotatable bonds is 7. The van der Waals surface area contributed by atoms with Crippen LogP contribution in [-0.4, -0.2) is 32.2 Å². The Morgan fingerprint density at radius 2 is 1.94 bits per heavy atom. The maximum Gasteiger partial charge on any atom is 0.469 e. The number of aryl methyl sites for hydroxylation is 1. The van der Waals surface area contributed by atoms with Crippen molar-refractivity contribution in [1.29, 1.82) is 0 Å². The number of hydrogen-bond donors (Lipinski definition) is 3. The molecule has 6 nitrogen and oxygen atoms in total. The molecule has 0 aromatic heterocycles. The van der Waals surface area contributed by atoms with Crippen molar-refractivity contribution in [1.82, 2.24) is 0 Å². The van der Waals surface area contributed by atoms with Gasteiger partial charge in [0.1, 0.15) is 5.75 Å². The van der Waals surface area contributed by atoms with Gasteiger partial charge in [-0.25, -0.2) is 4.57 Å². The molecule has 2 aliphatic rings. The van der Waals surface area contributed by atoms with Gasteiger partial charge < -0.3 is 20.1 Å². The van der Waals surface area contributed by atoms with Gasteiger partial charge in [0.15, 0.2) is 4.90 Å². The van der Waals surface area contributed by atoms with E-state index in [0.717, 1.165) is 30.6 Å². The molecule has 1 fully saturated rings. The molecule has 31 heavy (non-hydrogen) atoms. The molecule has 0 bridgehead atoms. The smallest absolute Gasteiger partial charge is 0.469 e. The Bertz CT molecular complexity index is 952. The minimum atomic E-state index is -4.51. The molecule has 4 rings (SSSR count). The summed E-state index contributed by atoms with van der Waals surface area (Å²) in [6.45, 7) is -0.126. The normalized spacial score (nSPS) is 27.1. The van der Waals surface area contributed by atoms with Gasteiger partial charge in [0.25, 0.3) is 0 Å². The van der Waals surface area contributed by atoms with Gasteiger partial charge in [-0.1, -0.05) is 36.4 Å². The molecule has 0 spiro atoms. The van der Waals surface area contributed by atoms with E-state index in [1.165, 1.54) is 16.7 Å². The highest BCUT2D eigenvalue weighted by atomic mass is 32.2. The van der Waals surface area contributed by atoms with Crippen molar-refractivity contribution in [3.8, 4) is 0 Å². The summed E-state index contributed by atoms with van der Waals surface area (Å²) in [4.78, 5) is 18.8. The Balaban J connectivity index is 1.37. The van der Waals surface area contributed by atoms with Crippen LogP contribution >= 0.6 is 7.82 Å². The van der Waals surface area contributed by atoms with Gasteiger partial charge in [0, 0.05) is 11.5 Å². The second-order valence-corrected chi connectivity index (χ2v) is 11.8. The fourth-order valence-electron chi connectivity index (χ4n) is 4.91. The van der Waals surface area contributed by atoms with Crippen LogP contribution in [0.4, 0.5) is 0 Å². The van der Waals surface area contributed by atoms with E-state index >= 15 is 0 Å². The zero-order valence-corrected chi connectivity index (χ0v) is 19.2. The fourth-order valence-corrected chi connectivity index (χ4v) is 6.71. The first-order chi connectivity index (χ1) is 14.7. The van der Waals surface area contributed by atoms with E-state index in [2.05, 4.69) is 22.7 Å². The van der Waals surface area contributed by atoms with Gasteiger partial charge in [-0.05, 0) is 84.4 Å². The van der Waals surface area contributed by atoms with E-state index < -0.39 is 24.5 Å². The lowest BCUT2D eigenvalue weighted by atomic mass is 9.82. The first kappa shape index (κ1) is 23.0. The summed E-state index contributed by atoms with van der Waals surface area (Å²) in [5.41, 5.74) is 9.59. The van der Waals surface area contributed by atoms with E-state index in [0.29, 0.717) is 24.5 Å². The maximum absolute atomic E-state index is 12.7. The van der Waals surface area contributed by atoms with Crippen molar-refractivity contribution in [2.75, 3.05) is 12.4 Å². The SMILES string of the molecule is N[C@@]1(COP(=O)(O)O)CC[C@H](c2ccc3c(c2)CC[C@H](C[S+]([O-])c2ccccc2)C3)C1. The third-order valence-corrected chi connectivity index (χ3v) is 8.63. The molecule has 0 saturated heterocycles. The van der Waals surface area contributed by atoms with Gasteiger partial charge >= 0.3 is 7.82 Å². The molecular formula is C23H30NO5PS. The van der Waals surface area contributed by atoms with Crippen molar-refractivity contribution in [3.05, 3.63) is 65.2 Å². The standard InChI is InChI=1S/C23H30NO5PS/c24-23(16-29-30(25,26)27)11-10-21(14-23)20-9-8-18-12-17(6-7-19(18)13-20)15-31(28)22-4-2-1-3-5-22/h1-5,8-9,13,17,21H,6-7,10-12,14-16,24H2,(H2,25,26,27)/t17-,21-,23-,31?/m0/s1. The van der Waals surface area contributed by atoms with E-state index in [1.54, 1.807) is 0 Å². The van der Waals surface area contributed by atoms with Crippen LogP contribution < -0.4 is 5.73 Å². The maximum atomic E-state index is 12.7. The summed E-state index contributed by atoms with van der Waals surface area (Å²) in [5.74, 6) is 1.40. The second-order valence-electron chi connectivity index (χ2n) is 9.03. The molecule has 0 heterocycles. The summed E-state index contributed by atoms with van der Waals surface area (Å²) in [5, 5.41) is 0. The predicted octanol–water partition coefficient (Wildman–Crippen LogP) is 3.67. The summed E-state index contributed by atoms with van der Waals surface area (Å²) in [6, 6.07) is 16.3. The van der Waals surface area contributed by atoms with Crippen LogP contribution in [0, 0.1) is 5.92 Å². The Morgan fingerprint density at radius 3 is 2.68 bits per heavy atom. The number of benzene rings is 2. The van der Waals surface area contributed by atoms with Gasteiger partial charge in [-0.2, -0.15) is 0 Å². The molecule has 4 N–H and O–H groups in total. The molecule has 168 valence electrons. The molecule has 0 radical (unpaired) electrons. The van der Waals surface area contributed by atoms with E-state index in [-0.39, 0.29) is 12.5 Å². The largest absolute Gasteiger partial charge is 0.611 e. The molecule has 1 saturated carbocycles. The highest BCUT2D eigenvalue weighted by Gasteiger charge is 2.38. The molecule has 8 heteroatoms. The minimum Gasteiger partial charge on any atom is -0.611 e. The first-order valence-corrected chi connectivity index (χ1v) is 13.6. The van der Waals surface area contributed by atoms with Gasteiger partial charge in [-0.15, -0.1) is 0 Å². The van der Waals surface area contributed by atoms with Crippen molar-refractivity contribution < 1.29 is 23.4 Å². The van der Waals surface area contributed by atoms with Crippen molar-refractivity contribution in [3.63, 3.8) is 0 Å². The highest BCUT2D eigenvalue weighted by molar-refractivity contribution is 7.91. The Kier molecular flexibility index (Phi) is 6.94. The van der Waals surface area contributed by atoms with Crippen LogP contribution in [0.25, 0.3) is 0 Å². The van der Waals surface area contributed by atoms with Crippen LogP contribution in [0.3, 0.4) is 0 Å². The molecular weight excluding hydrogens is 433 g/mol. The lowest BCUT2D eigenvalue weighted by Crippen LogP contribution is -2.41. The number of nitrogens with two attached hydrogens (primary N) is 1. The molecule has 0 amide bonds. The molecule has 0 aliphatic heterocycles. The van der Waals surface area contributed by atoms with Crippen molar-refractivity contribution >= 4 is 19.0 Å². The monoisotopic (exact) mass is 463 g/mol. The second kappa shape index (κ2) is 9.36. The molecule has 2 aromatic carbocycles. The summed E-state index contributed by atoms with van der Waals surface area (Å²) in [7, 11) is -4.51. The van der Waals surface area contributed by atoms with Crippen LogP contribution in [0.5, 0.6) is 0 Å². The molecule has 2 aromatic rings. The Labute approximate surface area is 186 Å². The van der Waals surface area contributed by atoms with E-state index in [9.17, 15) is 9.12 Å². The van der Waals surface area contributed by atoms with Crippen LogP contribution in [0.2, 0.25) is 0 Å². The minimum absolute atomic E-state index is 0.126. The average molecular weight is 464 g/mol. The molecule has 2 aliphatic carbocycles. The van der Waals surface area contributed by atoms with E-state index in [4.69, 9.17) is 15.5 Å². The molecule has 4 atom stereocenters. The van der Waals surface area contributed by atoms with Gasteiger partial charge in [-0.3, -0.25) is 4.52 Å². The lowest BCUT2D eigenvalue weighted by Gasteiger charge is -2.27. The highest BCUT2D eigenvalue weighted by Crippen LogP contribution is 2.44. The van der Waals surface area contributed by atoms with Gasteiger partial charge in [0.05, 0.1) is 6.61 Å². The Hall–Kier alpha value is -1.18. The zero-order chi connectivity index (χ0) is 22.1. The van der Waals surface area contributed by atoms with Crippen LogP contribution in [0.15, 0.2) is 53.4 Å². The molecule has 1 unspecified atom stereocenters.